The number of benzene rings is 11. The molecule has 0 saturated carbocycles. The maximum atomic E-state index is 15.6. The Morgan fingerprint density at radius 3 is 1.51 bits per heavy atom. The molecule has 15 heteroatoms. The normalized spacial score (nSPS) is 12.6. The summed E-state index contributed by atoms with van der Waals surface area (Å²) in [5, 5.41) is 7.04. The molecule has 3 heterocycles. The summed E-state index contributed by atoms with van der Waals surface area (Å²) in [6, 6.07) is 40.3. The fourth-order valence-corrected chi connectivity index (χ4v) is 12.3. The molecular weight excluding hydrogens is 1010 g/mol. The summed E-state index contributed by atoms with van der Waals surface area (Å²) in [6.07, 6.45) is 0. The van der Waals surface area contributed by atoms with Gasteiger partial charge in [0.2, 0.25) is 0 Å². The van der Waals surface area contributed by atoms with Gasteiger partial charge < -0.3 is 25.6 Å². The van der Waals surface area contributed by atoms with Crippen LogP contribution in [0.5, 0.6) is 0 Å². The zero-order valence-electron chi connectivity index (χ0n) is 40.0. The standard InChI is InChI=1S/C63H30ClN5O9/c64-49-40-30-21-23-34-44(59(74)32-17-9-19-37(41(32)57(34)72)66-62(77)26-11-3-1-4-12-26)50(30)65-39(40)25-36-52(49)69-54-46(61(36)76)43-31-22-24-35-45(51(31)68-53(43)47-48(54)56(71)29-16-8-7-15-28(29)55(47)70)60(75)33-18-10-20-38(42(33)58(35)73)67-63(78)27-13-5-2-6-14-27/h1-25,65,68H,(H,66,77)(H,67,78)(H,69,76). The second kappa shape index (κ2) is 15.9. The van der Waals surface area contributed by atoms with E-state index in [0.717, 1.165) is 0 Å². The number of halogens is 1. The minimum absolute atomic E-state index is 0.000895. The SMILES string of the molecule is O=C(Nc1cccc2c1C(=O)c1ccc3c([nH]c4cc5c(=O)c6c([nH]c5c(Cl)c43)c3c(=O)c4ccccc4c(=O)c3c3[nH]c4c(ccc5c(=O)c7c(NC(=O)c8ccccc8)cccc7c(=O)c54)c36)c1C2=O)c1ccccc1. The van der Waals surface area contributed by atoms with Crippen molar-refractivity contribution in [3.8, 4) is 0 Å². The van der Waals surface area contributed by atoms with Crippen molar-refractivity contribution >= 4 is 155 Å². The summed E-state index contributed by atoms with van der Waals surface area (Å²) in [4.78, 5) is 141. The van der Waals surface area contributed by atoms with Crippen LogP contribution in [0.4, 0.5) is 11.4 Å². The van der Waals surface area contributed by atoms with Crippen molar-refractivity contribution < 1.29 is 19.2 Å². The molecule has 78 heavy (non-hydrogen) atoms. The van der Waals surface area contributed by atoms with Crippen LogP contribution >= 0.6 is 11.6 Å². The lowest BCUT2D eigenvalue weighted by Gasteiger charge is -2.21. The van der Waals surface area contributed by atoms with E-state index in [0.29, 0.717) is 32.8 Å². The first-order valence-corrected chi connectivity index (χ1v) is 24.9. The maximum Gasteiger partial charge on any atom is 0.255 e. The first kappa shape index (κ1) is 44.8. The summed E-state index contributed by atoms with van der Waals surface area (Å²) in [6.45, 7) is 0. The lowest BCUT2D eigenvalue weighted by Crippen LogP contribution is -2.24. The molecule has 0 aliphatic heterocycles. The Bertz CT molecular complexity index is 5540. The molecule has 0 saturated heterocycles. The molecule has 1 aliphatic carbocycles. The Hall–Kier alpha value is -10.7. The highest BCUT2D eigenvalue weighted by molar-refractivity contribution is 6.44. The highest BCUT2D eigenvalue weighted by Crippen LogP contribution is 2.44. The number of anilines is 2. The zero-order valence-corrected chi connectivity index (χ0v) is 40.7. The van der Waals surface area contributed by atoms with Gasteiger partial charge in [-0.1, -0.05) is 109 Å². The van der Waals surface area contributed by atoms with Crippen molar-refractivity contribution in [1.82, 2.24) is 15.0 Å². The molecule has 14 aromatic rings. The molecule has 2 amide bonds. The van der Waals surface area contributed by atoms with Gasteiger partial charge >= 0.3 is 0 Å². The fraction of sp³-hybridized carbons (Fsp3) is 0. The van der Waals surface area contributed by atoms with Gasteiger partial charge in [0.05, 0.1) is 82.0 Å². The van der Waals surface area contributed by atoms with Gasteiger partial charge in [0.15, 0.2) is 38.7 Å². The molecule has 11 aromatic carbocycles. The van der Waals surface area contributed by atoms with Gasteiger partial charge in [0, 0.05) is 76.2 Å². The monoisotopic (exact) mass is 1040 g/mol. The van der Waals surface area contributed by atoms with Crippen LogP contribution in [-0.2, 0) is 0 Å². The topological polar surface area (TPSA) is 225 Å². The molecule has 0 unspecified atom stereocenters. The molecular formula is C63H30ClN5O9. The first-order valence-electron chi connectivity index (χ1n) is 24.6. The Labute approximate surface area is 438 Å². The van der Waals surface area contributed by atoms with Gasteiger partial charge in [-0.3, -0.25) is 43.2 Å². The predicted molar refractivity (Wildman–Crippen MR) is 305 cm³/mol. The van der Waals surface area contributed by atoms with Crippen molar-refractivity contribution in [2.45, 2.75) is 0 Å². The third-order valence-electron chi connectivity index (χ3n) is 15.4. The van der Waals surface area contributed by atoms with Crippen molar-refractivity contribution in [2.24, 2.45) is 0 Å². The van der Waals surface area contributed by atoms with E-state index in [1.807, 2.05) is 0 Å². The van der Waals surface area contributed by atoms with Crippen molar-refractivity contribution in [1.29, 1.82) is 0 Å². The third kappa shape index (κ3) is 5.88. The summed E-state index contributed by atoms with van der Waals surface area (Å²) in [5.74, 6) is -1.94. The number of fused-ring (bicyclic) bond motifs is 19. The molecule has 3 aromatic heterocycles. The zero-order chi connectivity index (χ0) is 53.2. The molecule has 368 valence electrons. The van der Waals surface area contributed by atoms with Gasteiger partial charge in [-0.15, -0.1) is 0 Å². The highest BCUT2D eigenvalue weighted by Gasteiger charge is 2.35. The van der Waals surface area contributed by atoms with Crippen LogP contribution in [-0.4, -0.2) is 38.3 Å². The summed E-state index contributed by atoms with van der Waals surface area (Å²) >= 11 is 7.43. The number of amides is 2. The van der Waals surface area contributed by atoms with E-state index < -0.39 is 50.5 Å². The minimum atomic E-state index is -0.606. The van der Waals surface area contributed by atoms with Crippen molar-refractivity contribution in [3.63, 3.8) is 0 Å². The van der Waals surface area contributed by atoms with Crippen LogP contribution in [0.25, 0.3) is 109 Å². The minimum Gasteiger partial charge on any atom is -0.354 e. The molecule has 5 N–H and O–H groups in total. The number of pyridine rings is 1. The molecule has 0 fully saturated rings. The third-order valence-corrected chi connectivity index (χ3v) is 15.8. The van der Waals surface area contributed by atoms with Crippen molar-refractivity contribution in [2.75, 3.05) is 10.6 Å². The quantitative estimate of drug-likeness (QED) is 0.0834. The van der Waals surface area contributed by atoms with Crippen molar-refractivity contribution in [3.05, 3.63) is 241 Å². The molecule has 15 rings (SSSR count). The number of hydrogen-bond donors (Lipinski definition) is 5. The number of carbonyl (C=O) groups is 4. The maximum absolute atomic E-state index is 15.6. The van der Waals surface area contributed by atoms with E-state index >= 15 is 4.79 Å². The first-order chi connectivity index (χ1) is 37.9. The van der Waals surface area contributed by atoms with E-state index in [2.05, 4.69) is 25.6 Å². The number of aromatic amines is 3. The van der Waals surface area contributed by atoms with E-state index in [1.54, 1.807) is 121 Å². The lowest BCUT2D eigenvalue weighted by molar-refractivity contribution is 0.0979. The van der Waals surface area contributed by atoms with E-state index in [-0.39, 0.29) is 125 Å². The van der Waals surface area contributed by atoms with Crippen LogP contribution in [0.1, 0.15) is 52.6 Å². The Morgan fingerprint density at radius 2 is 0.821 bits per heavy atom. The number of ketones is 2. The van der Waals surface area contributed by atoms with Crippen LogP contribution in [0.2, 0.25) is 5.02 Å². The predicted octanol–water partition coefficient (Wildman–Crippen LogP) is 10.8. The Balaban J connectivity index is 0.989. The van der Waals surface area contributed by atoms with Gasteiger partial charge in [0.1, 0.15) is 0 Å². The van der Waals surface area contributed by atoms with Gasteiger partial charge in [-0.25, -0.2) is 0 Å². The van der Waals surface area contributed by atoms with Gasteiger partial charge in [-0.05, 0) is 54.6 Å². The fourth-order valence-electron chi connectivity index (χ4n) is 12.0. The van der Waals surface area contributed by atoms with Crippen LogP contribution in [0.3, 0.4) is 0 Å². The molecule has 0 bridgehead atoms. The number of nitrogens with one attached hydrogen (secondary N) is 5. The number of carbonyl (C=O) groups excluding carboxylic acids is 4. The lowest BCUT2D eigenvalue weighted by atomic mass is 9.82. The average Bonchev–Trinajstić information content (AvgIpc) is 3.68. The van der Waals surface area contributed by atoms with E-state index in [4.69, 9.17) is 11.6 Å². The van der Waals surface area contributed by atoms with Crippen LogP contribution in [0.15, 0.2) is 176 Å². The summed E-state index contributed by atoms with van der Waals surface area (Å²) in [7, 11) is 0. The van der Waals surface area contributed by atoms with Crippen LogP contribution < -0.4 is 37.8 Å². The second-order valence-corrected chi connectivity index (χ2v) is 19.8. The summed E-state index contributed by atoms with van der Waals surface area (Å²) < 4.78 is 0. The number of rotatable bonds is 4. The largest absolute Gasteiger partial charge is 0.354 e. The molecule has 0 atom stereocenters. The smallest absolute Gasteiger partial charge is 0.255 e. The number of aromatic nitrogens is 3. The van der Waals surface area contributed by atoms with Gasteiger partial charge in [-0.2, -0.15) is 0 Å². The second-order valence-electron chi connectivity index (χ2n) is 19.4. The number of hydrogen-bond acceptors (Lipinski definition) is 9. The Morgan fingerprint density at radius 1 is 0.346 bits per heavy atom. The van der Waals surface area contributed by atoms with E-state index in [1.165, 1.54) is 30.3 Å². The Kier molecular flexibility index (Phi) is 9.13. The van der Waals surface area contributed by atoms with E-state index in [9.17, 15) is 38.4 Å². The molecule has 0 radical (unpaired) electrons. The average molecular weight is 1040 g/mol. The molecule has 14 nitrogen and oxygen atoms in total. The van der Waals surface area contributed by atoms with Gasteiger partial charge in [0.25, 0.3) is 11.8 Å². The number of H-pyrrole nitrogens is 3. The molecule has 1 aliphatic rings. The van der Waals surface area contributed by atoms with Crippen LogP contribution in [0, 0.1) is 0 Å². The highest BCUT2D eigenvalue weighted by atomic mass is 35.5. The molecule has 0 spiro atoms. The summed E-state index contributed by atoms with van der Waals surface area (Å²) in [5.41, 5.74) is -0.617.